The van der Waals surface area contributed by atoms with Gasteiger partial charge in [-0.05, 0) is 11.8 Å². The van der Waals surface area contributed by atoms with E-state index in [0.29, 0.717) is 6.42 Å². The second-order valence-electron chi connectivity index (χ2n) is 6.03. The number of aliphatic carboxylic acids is 1. The van der Waals surface area contributed by atoms with E-state index in [2.05, 4.69) is 9.71 Å². The Morgan fingerprint density at radius 3 is 2.50 bits per heavy atom. The topological polar surface area (TPSA) is 101 Å². The SMILES string of the molecule is Cn1cnc(S(=O)(=O)NCC(CC(C)(C)C)C(=O)O)c1. The normalized spacial score (nSPS) is 14.2. The molecule has 7 nitrogen and oxygen atoms in total. The number of carboxylic acid groups (broad SMARTS) is 1. The van der Waals surface area contributed by atoms with Crippen molar-refractivity contribution in [1.82, 2.24) is 14.3 Å². The fourth-order valence-corrected chi connectivity index (χ4v) is 2.86. The van der Waals surface area contributed by atoms with Crippen molar-refractivity contribution >= 4 is 16.0 Å². The zero-order chi connectivity index (χ0) is 15.6. The summed E-state index contributed by atoms with van der Waals surface area (Å²) in [7, 11) is -2.11. The molecule has 0 fully saturated rings. The van der Waals surface area contributed by atoms with E-state index in [1.165, 1.54) is 17.1 Å². The molecule has 0 saturated carbocycles. The van der Waals surface area contributed by atoms with Crippen LogP contribution in [0.4, 0.5) is 0 Å². The molecule has 0 amide bonds. The van der Waals surface area contributed by atoms with Crippen molar-refractivity contribution in [2.75, 3.05) is 6.54 Å². The highest BCUT2D eigenvalue weighted by Crippen LogP contribution is 2.24. The van der Waals surface area contributed by atoms with Gasteiger partial charge in [-0.1, -0.05) is 20.8 Å². The van der Waals surface area contributed by atoms with Crippen LogP contribution in [0.5, 0.6) is 0 Å². The second kappa shape index (κ2) is 5.92. The summed E-state index contributed by atoms with van der Waals surface area (Å²) in [5.74, 6) is -1.78. The van der Waals surface area contributed by atoms with Crippen molar-refractivity contribution < 1.29 is 18.3 Å². The van der Waals surface area contributed by atoms with E-state index < -0.39 is 21.9 Å². The molecule has 0 aliphatic rings. The summed E-state index contributed by atoms with van der Waals surface area (Å²) < 4.78 is 27.7. The zero-order valence-corrected chi connectivity index (χ0v) is 12.9. The third-order valence-corrected chi connectivity index (χ3v) is 3.99. The molecule has 2 N–H and O–H groups in total. The molecule has 0 aliphatic heterocycles. The van der Waals surface area contributed by atoms with Crippen LogP contribution < -0.4 is 4.72 Å². The van der Waals surface area contributed by atoms with Crippen LogP contribution in [0.1, 0.15) is 27.2 Å². The van der Waals surface area contributed by atoms with Gasteiger partial charge in [0, 0.05) is 19.8 Å². The molecule has 0 radical (unpaired) electrons. The van der Waals surface area contributed by atoms with Crippen molar-refractivity contribution in [3.8, 4) is 0 Å². The van der Waals surface area contributed by atoms with E-state index in [9.17, 15) is 13.2 Å². The summed E-state index contributed by atoms with van der Waals surface area (Å²) in [6.07, 6.45) is 3.12. The lowest BCUT2D eigenvalue weighted by Crippen LogP contribution is -2.35. The van der Waals surface area contributed by atoms with Crippen molar-refractivity contribution in [2.24, 2.45) is 18.4 Å². The highest BCUT2D eigenvalue weighted by molar-refractivity contribution is 7.89. The molecule has 114 valence electrons. The Morgan fingerprint density at radius 1 is 1.50 bits per heavy atom. The Hall–Kier alpha value is -1.41. The first kappa shape index (κ1) is 16.6. The van der Waals surface area contributed by atoms with Crippen molar-refractivity contribution in [2.45, 2.75) is 32.2 Å². The fraction of sp³-hybridized carbons (Fsp3) is 0.667. The monoisotopic (exact) mass is 303 g/mol. The first-order valence-electron chi connectivity index (χ1n) is 6.22. The highest BCUT2D eigenvalue weighted by atomic mass is 32.2. The summed E-state index contributed by atoms with van der Waals surface area (Å²) in [5.41, 5.74) is -0.195. The minimum absolute atomic E-state index is 0.111. The second-order valence-corrected chi connectivity index (χ2v) is 7.74. The molecule has 0 saturated heterocycles. The van der Waals surface area contributed by atoms with Gasteiger partial charge < -0.3 is 9.67 Å². The van der Waals surface area contributed by atoms with Gasteiger partial charge in [0.2, 0.25) is 0 Å². The minimum atomic E-state index is -3.77. The van der Waals surface area contributed by atoms with E-state index in [1.807, 2.05) is 20.8 Å². The van der Waals surface area contributed by atoms with Crippen molar-refractivity contribution in [3.05, 3.63) is 12.5 Å². The first-order chi connectivity index (χ1) is 9.01. The molecule has 1 rings (SSSR count). The lowest BCUT2D eigenvalue weighted by atomic mass is 9.85. The maximum atomic E-state index is 12.0. The number of carbonyl (C=O) groups is 1. The average Bonchev–Trinajstić information content (AvgIpc) is 2.70. The predicted molar refractivity (Wildman–Crippen MR) is 73.6 cm³/mol. The van der Waals surface area contributed by atoms with Gasteiger partial charge >= 0.3 is 5.97 Å². The number of imidazole rings is 1. The van der Waals surface area contributed by atoms with E-state index in [0.717, 1.165) is 0 Å². The number of nitrogens with zero attached hydrogens (tertiary/aromatic N) is 2. The zero-order valence-electron chi connectivity index (χ0n) is 12.1. The van der Waals surface area contributed by atoms with E-state index in [4.69, 9.17) is 5.11 Å². The van der Waals surface area contributed by atoms with Gasteiger partial charge in [0.15, 0.2) is 5.03 Å². The van der Waals surface area contributed by atoms with Crippen molar-refractivity contribution in [1.29, 1.82) is 0 Å². The standard InChI is InChI=1S/C12H21N3O4S/c1-12(2,3)5-9(11(16)17)6-14-20(18,19)10-7-15(4)8-13-10/h7-9,14H,5-6H2,1-4H3,(H,16,17). The van der Waals surface area contributed by atoms with Crippen molar-refractivity contribution in [3.63, 3.8) is 0 Å². The number of hydrogen-bond donors (Lipinski definition) is 2. The highest BCUT2D eigenvalue weighted by Gasteiger charge is 2.27. The lowest BCUT2D eigenvalue weighted by Gasteiger charge is -2.23. The molecular weight excluding hydrogens is 282 g/mol. The molecule has 1 heterocycles. The van der Waals surface area contributed by atoms with Gasteiger partial charge in [-0.3, -0.25) is 4.79 Å². The van der Waals surface area contributed by atoms with E-state index in [-0.39, 0.29) is 17.0 Å². The van der Waals surface area contributed by atoms with E-state index in [1.54, 1.807) is 7.05 Å². The van der Waals surface area contributed by atoms with Gasteiger partial charge in [0.25, 0.3) is 10.0 Å². The average molecular weight is 303 g/mol. The predicted octanol–water partition coefficient (Wildman–Crippen LogP) is 0.835. The third kappa shape index (κ3) is 4.93. The molecule has 1 unspecified atom stereocenters. The van der Waals surface area contributed by atoms with Gasteiger partial charge in [0.05, 0.1) is 12.2 Å². The molecule has 1 atom stereocenters. The Kier molecular flexibility index (Phi) is 4.93. The maximum Gasteiger partial charge on any atom is 0.307 e. The number of rotatable bonds is 6. The third-order valence-electron chi connectivity index (χ3n) is 2.68. The molecule has 0 bridgehead atoms. The number of hydrogen-bond acceptors (Lipinski definition) is 4. The van der Waals surface area contributed by atoms with Crippen LogP contribution in [-0.4, -0.2) is 35.6 Å². The maximum absolute atomic E-state index is 12.0. The van der Waals surface area contributed by atoms with Crippen LogP contribution in [0, 0.1) is 11.3 Å². The van der Waals surface area contributed by atoms with Crippen LogP contribution in [-0.2, 0) is 21.9 Å². The molecule has 20 heavy (non-hydrogen) atoms. The molecule has 0 aliphatic carbocycles. The number of aromatic nitrogens is 2. The molecule has 8 heteroatoms. The largest absolute Gasteiger partial charge is 0.481 e. The molecule has 0 aromatic carbocycles. The number of carboxylic acids is 1. The minimum Gasteiger partial charge on any atom is -0.481 e. The number of aryl methyl sites for hydroxylation is 1. The van der Waals surface area contributed by atoms with Crippen LogP contribution in [0.25, 0.3) is 0 Å². The van der Waals surface area contributed by atoms with Gasteiger partial charge in [-0.25, -0.2) is 18.1 Å². The van der Waals surface area contributed by atoms with Crippen LogP contribution in [0.15, 0.2) is 17.6 Å². The van der Waals surface area contributed by atoms with Gasteiger partial charge in [-0.15, -0.1) is 0 Å². The van der Waals surface area contributed by atoms with Crippen LogP contribution >= 0.6 is 0 Å². The molecule has 1 aromatic heterocycles. The molecule has 1 aromatic rings. The smallest absolute Gasteiger partial charge is 0.307 e. The summed E-state index contributed by atoms with van der Waals surface area (Å²) in [6.45, 7) is 5.59. The Morgan fingerprint density at radius 2 is 2.10 bits per heavy atom. The number of nitrogens with one attached hydrogen (secondary N) is 1. The molecular formula is C12H21N3O4S. The van der Waals surface area contributed by atoms with Gasteiger partial charge in [-0.2, -0.15) is 0 Å². The summed E-state index contributed by atoms with van der Waals surface area (Å²) >= 11 is 0. The molecule has 0 spiro atoms. The lowest BCUT2D eigenvalue weighted by molar-refractivity contribution is -0.142. The van der Waals surface area contributed by atoms with Crippen LogP contribution in [0.2, 0.25) is 0 Å². The summed E-state index contributed by atoms with van der Waals surface area (Å²) in [5, 5.41) is 9.04. The Bertz CT molecular complexity index is 572. The van der Waals surface area contributed by atoms with Crippen LogP contribution in [0.3, 0.4) is 0 Å². The summed E-state index contributed by atoms with van der Waals surface area (Å²) in [4.78, 5) is 14.9. The quantitative estimate of drug-likeness (QED) is 0.810. The first-order valence-corrected chi connectivity index (χ1v) is 7.70. The summed E-state index contributed by atoms with van der Waals surface area (Å²) in [6, 6.07) is 0. The number of sulfonamides is 1. The fourth-order valence-electron chi connectivity index (χ4n) is 1.80. The Balaban J connectivity index is 2.75. The van der Waals surface area contributed by atoms with Gasteiger partial charge in [0.1, 0.15) is 0 Å². The van der Waals surface area contributed by atoms with E-state index >= 15 is 0 Å². The Labute approximate surface area is 119 Å².